The Morgan fingerprint density at radius 2 is 2.00 bits per heavy atom. The molecule has 1 N–H and O–H groups in total. The van der Waals surface area contributed by atoms with Gasteiger partial charge in [0.1, 0.15) is 5.82 Å². The summed E-state index contributed by atoms with van der Waals surface area (Å²) in [6.45, 7) is 9.58. The molecule has 0 atom stereocenters. The molecule has 0 aliphatic rings. The zero-order valence-corrected chi connectivity index (χ0v) is 9.76. The van der Waals surface area contributed by atoms with Gasteiger partial charge in [0.15, 0.2) is 0 Å². The van der Waals surface area contributed by atoms with Crippen LogP contribution in [0, 0.1) is 19.3 Å². The van der Waals surface area contributed by atoms with Crippen molar-refractivity contribution >= 4 is 12.0 Å². The lowest BCUT2D eigenvalue weighted by molar-refractivity contribution is 1.31. The van der Waals surface area contributed by atoms with Crippen molar-refractivity contribution in [2.45, 2.75) is 34.6 Å². The third-order valence-corrected chi connectivity index (χ3v) is 1.19. The van der Waals surface area contributed by atoms with Gasteiger partial charge in [0, 0.05) is 12.4 Å². The molecule has 0 bridgehead atoms. The van der Waals surface area contributed by atoms with Gasteiger partial charge in [0.25, 0.3) is 0 Å². The van der Waals surface area contributed by atoms with Crippen LogP contribution in [0.15, 0.2) is 17.3 Å². The van der Waals surface area contributed by atoms with Crippen molar-refractivity contribution in [2.24, 2.45) is 4.99 Å². The fourth-order valence-corrected chi connectivity index (χ4v) is 0.707. The van der Waals surface area contributed by atoms with Crippen molar-refractivity contribution in [3.63, 3.8) is 0 Å². The quantitative estimate of drug-likeness (QED) is 0.519. The maximum absolute atomic E-state index is 4.60. The lowest BCUT2D eigenvalue weighted by Gasteiger charge is -1.85. The molecule has 14 heavy (non-hydrogen) atoms. The molecule has 0 aromatic carbocycles. The number of aliphatic imine (C=N–C) groups is 1. The highest BCUT2D eigenvalue weighted by Crippen LogP contribution is 2.12. The second kappa shape index (κ2) is 11.5. The minimum Gasteiger partial charge on any atom is -0.346 e. The molecule has 1 aromatic rings. The highest BCUT2D eigenvalue weighted by molar-refractivity contribution is 5.60. The molecule has 0 fully saturated rings. The Kier molecular flexibility index (Phi) is 12.3. The lowest BCUT2D eigenvalue weighted by Crippen LogP contribution is -1.66. The van der Waals surface area contributed by atoms with Crippen LogP contribution in [0.2, 0.25) is 0 Å². The standard InChI is InChI=1S/C7H10N2.C3H4.C2H6/c1-3-8-7-6(2)4-5-9-7;1-3-2;1-2/h3-5,9H,1-2H3;1H,2H3;1-2H3/b8-3-;;. The molecule has 2 heteroatoms. The van der Waals surface area contributed by atoms with Crippen LogP contribution >= 0.6 is 0 Å². The molecule has 1 heterocycles. The Bertz CT molecular complexity index is 277. The Balaban J connectivity index is 0. The molecule has 0 saturated carbocycles. The van der Waals surface area contributed by atoms with Gasteiger partial charge in [-0.05, 0) is 32.4 Å². The van der Waals surface area contributed by atoms with Gasteiger partial charge in [0.2, 0.25) is 0 Å². The zero-order valence-electron chi connectivity index (χ0n) is 9.76. The number of hydrogen-bond donors (Lipinski definition) is 1. The summed E-state index contributed by atoms with van der Waals surface area (Å²) in [5, 5.41) is 0. The summed E-state index contributed by atoms with van der Waals surface area (Å²) < 4.78 is 0. The van der Waals surface area contributed by atoms with E-state index < -0.39 is 0 Å². The second-order valence-corrected chi connectivity index (χ2v) is 2.19. The smallest absolute Gasteiger partial charge is 0.132 e. The maximum Gasteiger partial charge on any atom is 0.132 e. The van der Waals surface area contributed by atoms with Crippen LogP contribution in [-0.2, 0) is 0 Å². The maximum atomic E-state index is 4.60. The lowest BCUT2D eigenvalue weighted by atomic mass is 10.4. The van der Waals surface area contributed by atoms with E-state index in [1.165, 1.54) is 5.56 Å². The van der Waals surface area contributed by atoms with Crippen molar-refractivity contribution in [3.05, 3.63) is 17.8 Å². The summed E-state index contributed by atoms with van der Waals surface area (Å²) >= 11 is 0. The third-order valence-electron chi connectivity index (χ3n) is 1.19. The van der Waals surface area contributed by atoms with Gasteiger partial charge in [-0.3, -0.25) is 0 Å². The van der Waals surface area contributed by atoms with E-state index in [0.717, 1.165) is 5.82 Å². The van der Waals surface area contributed by atoms with E-state index in [-0.39, 0.29) is 0 Å². The van der Waals surface area contributed by atoms with Crippen molar-refractivity contribution in [2.75, 3.05) is 0 Å². The van der Waals surface area contributed by atoms with Crippen LogP contribution < -0.4 is 0 Å². The number of terminal acetylenes is 1. The molecular weight excluding hydrogens is 172 g/mol. The van der Waals surface area contributed by atoms with Crippen LogP contribution in [0.1, 0.15) is 33.3 Å². The fraction of sp³-hybridized carbons (Fsp3) is 0.417. The largest absolute Gasteiger partial charge is 0.346 e. The minimum absolute atomic E-state index is 0.956. The average molecular weight is 192 g/mol. The number of H-pyrrole nitrogens is 1. The predicted octanol–water partition coefficient (Wildman–Crippen LogP) is 3.71. The number of aromatic nitrogens is 1. The van der Waals surface area contributed by atoms with E-state index in [0.29, 0.717) is 0 Å². The van der Waals surface area contributed by atoms with E-state index in [9.17, 15) is 0 Å². The monoisotopic (exact) mass is 192 g/mol. The number of rotatable bonds is 1. The van der Waals surface area contributed by atoms with Crippen LogP contribution in [0.25, 0.3) is 0 Å². The number of nitrogens with one attached hydrogen (secondary N) is 1. The molecule has 2 nitrogen and oxygen atoms in total. The van der Waals surface area contributed by atoms with Crippen molar-refractivity contribution < 1.29 is 0 Å². The first kappa shape index (κ1) is 15.0. The highest BCUT2D eigenvalue weighted by Gasteiger charge is 1.91. The van der Waals surface area contributed by atoms with Crippen LogP contribution in [0.3, 0.4) is 0 Å². The van der Waals surface area contributed by atoms with Crippen LogP contribution in [0.4, 0.5) is 5.82 Å². The molecule has 0 aliphatic carbocycles. The second-order valence-electron chi connectivity index (χ2n) is 2.19. The molecule has 0 unspecified atom stereocenters. The van der Waals surface area contributed by atoms with Gasteiger partial charge in [-0.1, -0.05) is 13.8 Å². The summed E-state index contributed by atoms with van der Waals surface area (Å²) in [5.74, 6) is 3.21. The van der Waals surface area contributed by atoms with Crippen molar-refractivity contribution in [1.29, 1.82) is 0 Å². The zero-order chi connectivity index (χ0) is 11.4. The fourth-order valence-electron chi connectivity index (χ4n) is 0.707. The Hall–Kier alpha value is -1.49. The highest BCUT2D eigenvalue weighted by atomic mass is 14.9. The van der Waals surface area contributed by atoms with E-state index in [2.05, 4.69) is 22.3 Å². The van der Waals surface area contributed by atoms with Gasteiger partial charge in [-0.2, -0.15) is 0 Å². The van der Waals surface area contributed by atoms with Gasteiger partial charge in [0.05, 0.1) is 0 Å². The SMILES string of the molecule is C#CC.C/C=N\c1[nH]ccc1C.CC. The molecule has 78 valence electrons. The third kappa shape index (κ3) is 7.17. The Morgan fingerprint density at radius 1 is 1.50 bits per heavy atom. The minimum atomic E-state index is 0.956. The summed E-state index contributed by atoms with van der Waals surface area (Å²) in [4.78, 5) is 7.09. The summed E-state index contributed by atoms with van der Waals surface area (Å²) in [6, 6.07) is 2.00. The molecule has 1 aromatic heterocycles. The van der Waals surface area contributed by atoms with Crippen LogP contribution in [0.5, 0.6) is 0 Å². The Labute approximate surface area is 87.5 Å². The first-order chi connectivity index (χ1) is 6.76. The van der Waals surface area contributed by atoms with Gasteiger partial charge in [-0.25, -0.2) is 4.99 Å². The number of hydrogen-bond acceptors (Lipinski definition) is 1. The van der Waals surface area contributed by atoms with Crippen molar-refractivity contribution in [3.8, 4) is 12.3 Å². The Morgan fingerprint density at radius 3 is 2.29 bits per heavy atom. The topological polar surface area (TPSA) is 28.1 Å². The molecule has 0 amide bonds. The normalized spacial score (nSPS) is 8.00. The first-order valence-electron chi connectivity index (χ1n) is 4.76. The molecule has 0 radical (unpaired) electrons. The van der Waals surface area contributed by atoms with Crippen LogP contribution in [-0.4, -0.2) is 11.2 Å². The van der Waals surface area contributed by atoms with Crippen molar-refractivity contribution in [1.82, 2.24) is 4.98 Å². The number of aromatic amines is 1. The molecule has 0 aliphatic heterocycles. The van der Waals surface area contributed by atoms with E-state index in [4.69, 9.17) is 0 Å². The van der Waals surface area contributed by atoms with E-state index >= 15 is 0 Å². The molecular formula is C12H20N2. The summed E-state index contributed by atoms with van der Waals surface area (Å²) in [7, 11) is 0. The van der Waals surface area contributed by atoms with Gasteiger partial charge in [-0.15, -0.1) is 12.3 Å². The molecule has 0 saturated heterocycles. The molecule has 0 spiro atoms. The average Bonchev–Trinajstić information content (AvgIpc) is 2.58. The first-order valence-corrected chi connectivity index (χ1v) is 4.76. The van der Waals surface area contributed by atoms with E-state index in [1.807, 2.05) is 40.0 Å². The molecule has 1 rings (SSSR count). The number of aryl methyl sites for hydroxylation is 1. The summed E-state index contributed by atoms with van der Waals surface area (Å²) in [5.41, 5.74) is 1.19. The predicted molar refractivity (Wildman–Crippen MR) is 65.2 cm³/mol. The van der Waals surface area contributed by atoms with Gasteiger partial charge >= 0.3 is 0 Å². The summed E-state index contributed by atoms with van der Waals surface area (Å²) in [6.07, 6.45) is 8.26. The number of nitrogens with zero attached hydrogens (tertiary/aromatic N) is 1. The van der Waals surface area contributed by atoms with Gasteiger partial charge < -0.3 is 4.98 Å². The van der Waals surface area contributed by atoms with E-state index in [1.54, 1.807) is 13.1 Å².